The Bertz CT molecular complexity index is 1190. The lowest BCUT2D eigenvalue weighted by molar-refractivity contribution is 1.17. The molecule has 4 aromatic carbocycles. The Kier molecular flexibility index (Phi) is 2.48. The van der Waals surface area contributed by atoms with Crippen LogP contribution in [0.25, 0.3) is 33.0 Å². The molecule has 0 atom stereocenters. The molecule has 0 aliphatic heterocycles. The molecular weight excluding hydrogens is 300 g/mol. The molecule has 0 heterocycles. The van der Waals surface area contributed by atoms with Crippen molar-refractivity contribution < 1.29 is 0 Å². The van der Waals surface area contributed by atoms with Crippen LogP contribution in [0.4, 0.5) is 0 Å². The van der Waals surface area contributed by atoms with Gasteiger partial charge < -0.3 is 0 Å². The van der Waals surface area contributed by atoms with E-state index in [0.29, 0.717) is 0 Å². The van der Waals surface area contributed by atoms with Crippen LogP contribution < -0.4 is 0 Å². The third-order valence-electron chi connectivity index (χ3n) is 6.03. The summed E-state index contributed by atoms with van der Waals surface area (Å²) < 4.78 is 0. The van der Waals surface area contributed by atoms with E-state index in [9.17, 15) is 0 Å². The van der Waals surface area contributed by atoms with Crippen molar-refractivity contribution in [2.45, 2.75) is 19.8 Å². The minimum absolute atomic E-state index is 1.07. The lowest BCUT2D eigenvalue weighted by Crippen LogP contribution is -1.91. The van der Waals surface area contributed by atoms with Gasteiger partial charge in [-0.2, -0.15) is 0 Å². The van der Waals surface area contributed by atoms with Crippen LogP contribution >= 0.6 is 0 Å². The molecule has 0 bridgehead atoms. The minimum Gasteiger partial charge on any atom is -0.0616 e. The van der Waals surface area contributed by atoms with Gasteiger partial charge in [0.2, 0.25) is 0 Å². The molecule has 0 saturated carbocycles. The van der Waals surface area contributed by atoms with E-state index >= 15 is 0 Å². The van der Waals surface area contributed by atoms with E-state index in [4.69, 9.17) is 0 Å². The maximum Gasteiger partial charge on any atom is -0.000421 e. The van der Waals surface area contributed by atoms with E-state index in [1.165, 1.54) is 49.7 Å². The van der Waals surface area contributed by atoms with Crippen molar-refractivity contribution in [3.8, 4) is 22.3 Å². The van der Waals surface area contributed by atoms with Crippen LogP contribution in [0.2, 0.25) is 0 Å². The van der Waals surface area contributed by atoms with Crippen LogP contribution in [0.15, 0.2) is 66.7 Å². The van der Waals surface area contributed by atoms with E-state index in [1.54, 1.807) is 11.1 Å². The van der Waals surface area contributed by atoms with Crippen LogP contribution in [-0.4, -0.2) is 0 Å². The highest BCUT2D eigenvalue weighted by atomic mass is 14.3. The number of hydrogen-bond acceptors (Lipinski definition) is 0. The van der Waals surface area contributed by atoms with E-state index in [2.05, 4.69) is 73.7 Å². The second-order valence-corrected chi connectivity index (χ2v) is 7.44. The second-order valence-electron chi connectivity index (χ2n) is 7.44. The van der Waals surface area contributed by atoms with E-state index in [0.717, 1.165) is 12.8 Å². The molecule has 0 saturated heterocycles. The molecule has 25 heavy (non-hydrogen) atoms. The maximum atomic E-state index is 2.36. The normalized spacial score (nSPS) is 13.5. The lowest BCUT2D eigenvalue weighted by atomic mass is 9.96. The van der Waals surface area contributed by atoms with Crippen molar-refractivity contribution in [2.75, 3.05) is 0 Å². The molecular formula is C25H18. The SMILES string of the molecule is Cc1ccc2c(c1)Cc1c-2ccc2c1Cc1c-2ccc2ccccc12. The van der Waals surface area contributed by atoms with E-state index in [1.807, 2.05) is 0 Å². The number of rotatable bonds is 0. The monoisotopic (exact) mass is 318 g/mol. The molecule has 2 aliphatic rings. The number of aryl methyl sites for hydroxylation is 1. The van der Waals surface area contributed by atoms with Gasteiger partial charge in [0.25, 0.3) is 0 Å². The van der Waals surface area contributed by atoms with Crippen LogP contribution in [0.5, 0.6) is 0 Å². The Morgan fingerprint density at radius 2 is 1.28 bits per heavy atom. The highest BCUT2D eigenvalue weighted by Gasteiger charge is 2.28. The summed E-state index contributed by atoms with van der Waals surface area (Å²) in [6.45, 7) is 2.19. The summed E-state index contributed by atoms with van der Waals surface area (Å²) in [6, 6.07) is 25.0. The summed E-state index contributed by atoms with van der Waals surface area (Å²) in [5.74, 6) is 0. The molecule has 6 rings (SSSR count). The Labute approximate surface area is 147 Å². The molecule has 0 unspecified atom stereocenters. The minimum atomic E-state index is 1.07. The third kappa shape index (κ3) is 1.72. The van der Waals surface area contributed by atoms with Gasteiger partial charge in [-0.15, -0.1) is 0 Å². The van der Waals surface area contributed by atoms with Gasteiger partial charge in [-0.3, -0.25) is 0 Å². The van der Waals surface area contributed by atoms with Gasteiger partial charge in [0.05, 0.1) is 0 Å². The summed E-state index contributed by atoms with van der Waals surface area (Å²) in [5, 5.41) is 2.76. The van der Waals surface area contributed by atoms with Gasteiger partial charge in [0, 0.05) is 0 Å². The zero-order chi connectivity index (χ0) is 16.5. The van der Waals surface area contributed by atoms with Gasteiger partial charge in [-0.05, 0) is 75.0 Å². The predicted molar refractivity (Wildman–Crippen MR) is 105 cm³/mol. The number of hydrogen-bond donors (Lipinski definition) is 0. The molecule has 0 amide bonds. The van der Waals surface area contributed by atoms with Crippen LogP contribution in [0.3, 0.4) is 0 Å². The molecule has 0 spiro atoms. The standard InChI is InChI=1S/C25H18/c1-15-6-8-19-17(12-15)13-23-20(19)10-11-22-21-9-7-16-4-2-3-5-18(16)24(21)14-25(22)23/h2-12H,13-14H2,1H3. The van der Waals surface area contributed by atoms with Gasteiger partial charge in [0.1, 0.15) is 0 Å². The van der Waals surface area contributed by atoms with Crippen LogP contribution in [0, 0.1) is 6.92 Å². The van der Waals surface area contributed by atoms with Crippen molar-refractivity contribution in [3.63, 3.8) is 0 Å². The van der Waals surface area contributed by atoms with Crippen molar-refractivity contribution in [3.05, 3.63) is 94.5 Å². The van der Waals surface area contributed by atoms with Gasteiger partial charge in [-0.25, -0.2) is 0 Å². The summed E-state index contributed by atoms with van der Waals surface area (Å²) in [7, 11) is 0. The Hall–Kier alpha value is -2.86. The highest BCUT2D eigenvalue weighted by Crippen LogP contribution is 2.47. The Morgan fingerprint density at radius 1 is 0.600 bits per heavy atom. The smallest absolute Gasteiger partial charge is 0.000421 e. The third-order valence-corrected chi connectivity index (χ3v) is 6.03. The van der Waals surface area contributed by atoms with Gasteiger partial charge >= 0.3 is 0 Å². The predicted octanol–water partition coefficient (Wildman–Crippen LogP) is 6.29. The fourth-order valence-corrected chi connectivity index (χ4v) is 4.88. The molecule has 0 aromatic heterocycles. The molecule has 2 aliphatic carbocycles. The molecule has 0 nitrogen and oxygen atoms in total. The van der Waals surface area contributed by atoms with E-state index in [-0.39, 0.29) is 0 Å². The quantitative estimate of drug-likeness (QED) is 0.309. The second kappa shape index (κ2) is 4.61. The summed E-state index contributed by atoms with van der Waals surface area (Å²) in [5.41, 5.74) is 13.2. The molecule has 0 heteroatoms. The highest BCUT2D eigenvalue weighted by molar-refractivity contribution is 5.96. The van der Waals surface area contributed by atoms with Crippen molar-refractivity contribution in [1.82, 2.24) is 0 Å². The summed E-state index contributed by atoms with van der Waals surface area (Å²) in [6.07, 6.45) is 2.16. The van der Waals surface area contributed by atoms with Gasteiger partial charge in [-0.1, -0.05) is 72.3 Å². The largest absolute Gasteiger partial charge is 0.0616 e. The Morgan fingerprint density at radius 3 is 2.20 bits per heavy atom. The molecule has 118 valence electrons. The summed E-state index contributed by atoms with van der Waals surface area (Å²) >= 11 is 0. The fraction of sp³-hybridized carbons (Fsp3) is 0.120. The first-order valence-corrected chi connectivity index (χ1v) is 9.05. The zero-order valence-corrected chi connectivity index (χ0v) is 14.3. The number of fused-ring (bicyclic) bond motifs is 9. The summed E-state index contributed by atoms with van der Waals surface area (Å²) in [4.78, 5) is 0. The molecule has 0 radical (unpaired) electrons. The van der Waals surface area contributed by atoms with Gasteiger partial charge in [0.15, 0.2) is 0 Å². The molecule has 0 fully saturated rings. The first-order chi connectivity index (χ1) is 12.3. The van der Waals surface area contributed by atoms with Crippen LogP contribution in [0.1, 0.15) is 27.8 Å². The van der Waals surface area contributed by atoms with E-state index < -0.39 is 0 Å². The maximum absolute atomic E-state index is 2.36. The first-order valence-electron chi connectivity index (χ1n) is 9.05. The first kappa shape index (κ1) is 13.4. The molecule has 4 aromatic rings. The average molecular weight is 318 g/mol. The lowest BCUT2D eigenvalue weighted by Gasteiger charge is -2.07. The fourth-order valence-electron chi connectivity index (χ4n) is 4.88. The van der Waals surface area contributed by atoms with Crippen LogP contribution in [-0.2, 0) is 12.8 Å². The molecule has 0 N–H and O–H groups in total. The average Bonchev–Trinajstić information content (AvgIpc) is 3.19. The zero-order valence-electron chi connectivity index (χ0n) is 14.3. The van der Waals surface area contributed by atoms with Crippen molar-refractivity contribution in [2.24, 2.45) is 0 Å². The topological polar surface area (TPSA) is 0 Å². The Balaban J connectivity index is 1.59. The van der Waals surface area contributed by atoms with Crippen molar-refractivity contribution in [1.29, 1.82) is 0 Å². The van der Waals surface area contributed by atoms with Crippen molar-refractivity contribution >= 4 is 10.8 Å². The number of benzene rings is 4.